The Balaban J connectivity index is 4.33. The molecule has 0 radical (unpaired) electrons. The number of unbranched alkanes of at least 4 members (excludes halogenated alkanes) is 37. The van der Waals surface area contributed by atoms with E-state index in [1.165, 1.54) is 199 Å². The van der Waals surface area contributed by atoms with Crippen molar-refractivity contribution in [2.75, 3.05) is 13.2 Å². The molecule has 6 heteroatoms. The zero-order valence-corrected chi connectivity index (χ0v) is 43.1. The Kier molecular flexibility index (Phi) is 51.7. The number of hydrogen-bond acceptors (Lipinski definition) is 6. The van der Waals surface area contributed by atoms with Crippen LogP contribution in [0.1, 0.15) is 310 Å². The molecule has 0 aliphatic rings. The van der Waals surface area contributed by atoms with E-state index in [1.54, 1.807) is 0 Å². The lowest BCUT2D eigenvalue weighted by Gasteiger charge is -2.18. The van der Waals surface area contributed by atoms with Crippen molar-refractivity contribution in [1.29, 1.82) is 0 Å². The monoisotopic (exact) mass is 901 g/mol. The molecular formula is C58H108O6. The van der Waals surface area contributed by atoms with E-state index in [-0.39, 0.29) is 31.1 Å². The van der Waals surface area contributed by atoms with Crippen LogP contribution < -0.4 is 0 Å². The molecule has 0 saturated carbocycles. The maximum absolute atomic E-state index is 12.8. The van der Waals surface area contributed by atoms with Gasteiger partial charge in [-0.25, -0.2) is 0 Å². The van der Waals surface area contributed by atoms with E-state index < -0.39 is 6.10 Å². The third kappa shape index (κ3) is 50.9. The standard InChI is InChI=1S/C58H108O6/c1-4-7-10-13-16-19-22-25-28-29-30-31-34-36-39-42-45-48-51-57(60)63-54-55(64-58(61)52-49-46-43-40-37-33-27-24-21-18-15-12-9-6-3)53-62-56(59)50-47-44-41-38-35-32-26-23-20-17-14-11-8-5-2/h23-24,26-27,55H,4-22,25,28-54H2,1-3H3/b26-23-,27-24-/t55-/m1/s1. The molecule has 64 heavy (non-hydrogen) atoms. The smallest absolute Gasteiger partial charge is 0.306 e. The summed E-state index contributed by atoms with van der Waals surface area (Å²) >= 11 is 0. The molecule has 0 aromatic rings. The fourth-order valence-corrected chi connectivity index (χ4v) is 8.37. The van der Waals surface area contributed by atoms with Crippen LogP contribution in [0.2, 0.25) is 0 Å². The van der Waals surface area contributed by atoms with E-state index in [0.717, 1.165) is 70.6 Å². The van der Waals surface area contributed by atoms with E-state index in [9.17, 15) is 14.4 Å². The zero-order valence-electron chi connectivity index (χ0n) is 43.1. The van der Waals surface area contributed by atoms with Crippen molar-refractivity contribution in [3.8, 4) is 0 Å². The Bertz CT molecular complexity index is 1040. The van der Waals surface area contributed by atoms with Crippen LogP contribution >= 0.6 is 0 Å². The van der Waals surface area contributed by atoms with Crippen LogP contribution in [-0.2, 0) is 28.6 Å². The van der Waals surface area contributed by atoms with Gasteiger partial charge in [-0.15, -0.1) is 0 Å². The van der Waals surface area contributed by atoms with Gasteiger partial charge in [0.05, 0.1) is 0 Å². The van der Waals surface area contributed by atoms with E-state index in [4.69, 9.17) is 14.2 Å². The molecule has 0 unspecified atom stereocenters. The highest BCUT2D eigenvalue weighted by molar-refractivity contribution is 5.71. The van der Waals surface area contributed by atoms with Crippen molar-refractivity contribution in [3.05, 3.63) is 24.3 Å². The van der Waals surface area contributed by atoms with E-state index in [1.807, 2.05) is 0 Å². The summed E-state index contributed by atoms with van der Waals surface area (Å²) in [7, 11) is 0. The van der Waals surface area contributed by atoms with Crippen LogP contribution in [0.5, 0.6) is 0 Å². The normalized spacial score (nSPS) is 12.1. The number of carbonyl (C=O) groups is 3. The molecule has 0 rings (SSSR count). The number of esters is 3. The van der Waals surface area contributed by atoms with E-state index in [0.29, 0.717) is 19.3 Å². The van der Waals surface area contributed by atoms with Crippen molar-refractivity contribution >= 4 is 17.9 Å². The van der Waals surface area contributed by atoms with Gasteiger partial charge in [-0.05, 0) is 70.6 Å². The first kappa shape index (κ1) is 61.9. The average molecular weight is 901 g/mol. The van der Waals surface area contributed by atoms with E-state index >= 15 is 0 Å². The van der Waals surface area contributed by atoms with Crippen molar-refractivity contribution < 1.29 is 28.6 Å². The molecule has 0 saturated heterocycles. The number of carbonyl (C=O) groups excluding carboxylic acids is 3. The van der Waals surface area contributed by atoms with Crippen LogP contribution in [0.15, 0.2) is 24.3 Å². The summed E-state index contributed by atoms with van der Waals surface area (Å²) in [4.78, 5) is 38.1. The SMILES string of the molecule is CCCCCCC/C=C\CCCCCCCC(=O)OC[C@H](COC(=O)CCCCCCCCCCCCCCCCCCCC)OC(=O)CCCCCCC/C=C\CCCCCCC. The van der Waals surface area contributed by atoms with Crippen LogP contribution in [0.25, 0.3) is 0 Å². The molecule has 376 valence electrons. The highest BCUT2D eigenvalue weighted by Crippen LogP contribution is 2.16. The third-order valence-electron chi connectivity index (χ3n) is 12.7. The predicted molar refractivity (Wildman–Crippen MR) is 275 cm³/mol. The van der Waals surface area contributed by atoms with Gasteiger partial charge in [0.1, 0.15) is 13.2 Å². The van der Waals surface area contributed by atoms with Gasteiger partial charge in [-0.1, -0.05) is 244 Å². The average Bonchev–Trinajstić information content (AvgIpc) is 3.29. The first-order valence-electron chi connectivity index (χ1n) is 28.3. The molecule has 0 N–H and O–H groups in total. The first-order valence-corrected chi connectivity index (χ1v) is 28.3. The Hall–Kier alpha value is -2.11. The van der Waals surface area contributed by atoms with Crippen molar-refractivity contribution in [2.24, 2.45) is 0 Å². The Labute approximate surface area is 398 Å². The molecule has 6 nitrogen and oxygen atoms in total. The number of rotatable bonds is 52. The lowest BCUT2D eigenvalue weighted by atomic mass is 10.0. The minimum absolute atomic E-state index is 0.0730. The summed E-state index contributed by atoms with van der Waals surface area (Å²) in [6.07, 6.45) is 61.6. The molecule has 0 aliphatic heterocycles. The Morgan fingerprint density at radius 1 is 0.297 bits per heavy atom. The summed E-state index contributed by atoms with van der Waals surface area (Å²) in [5.74, 6) is -0.872. The highest BCUT2D eigenvalue weighted by atomic mass is 16.6. The van der Waals surface area contributed by atoms with Gasteiger partial charge >= 0.3 is 17.9 Å². The van der Waals surface area contributed by atoms with Gasteiger partial charge in [0.15, 0.2) is 6.10 Å². The lowest BCUT2D eigenvalue weighted by Crippen LogP contribution is -2.30. The number of ether oxygens (including phenoxy) is 3. The molecule has 0 fully saturated rings. The van der Waals surface area contributed by atoms with Gasteiger partial charge in [0.2, 0.25) is 0 Å². The molecule has 1 atom stereocenters. The number of allylic oxidation sites excluding steroid dienone is 4. The molecule has 0 heterocycles. The molecule has 0 spiro atoms. The van der Waals surface area contributed by atoms with Gasteiger partial charge in [0.25, 0.3) is 0 Å². The summed E-state index contributed by atoms with van der Waals surface area (Å²) in [5.41, 5.74) is 0. The number of hydrogen-bond donors (Lipinski definition) is 0. The lowest BCUT2D eigenvalue weighted by molar-refractivity contribution is -0.167. The molecule has 0 aromatic heterocycles. The molecule has 0 aliphatic carbocycles. The van der Waals surface area contributed by atoms with Gasteiger partial charge in [-0.3, -0.25) is 14.4 Å². The topological polar surface area (TPSA) is 78.9 Å². The van der Waals surface area contributed by atoms with Gasteiger partial charge < -0.3 is 14.2 Å². The third-order valence-corrected chi connectivity index (χ3v) is 12.7. The van der Waals surface area contributed by atoms with Gasteiger partial charge in [-0.2, -0.15) is 0 Å². The zero-order chi connectivity index (χ0) is 46.5. The van der Waals surface area contributed by atoms with Crippen LogP contribution in [0.4, 0.5) is 0 Å². The van der Waals surface area contributed by atoms with Crippen molar-refractivity contribution in [1.82, 2.24) is 0 Å². The summed E-state index contributed by atoms with van der Waals surface area (Å²) < 4.78 is 16.8. The summed E-state index contributed by atoms with van der Waals surface area (Å²) in [6, 6.07) is 0. The van der Waals surface area contributed by atoms with Crippen LogP contribution in [0.3, 0.4) is 0 Å². The second-order valence-electron chi connectivity index (χ2n) is 19.2. The predicted octanol–water partition coefficient (Wildman–Crippen LogP) is 18.7. The molecule has 0 amide bonds. The maximum atomic E-state index is 12.8. The molecular weight excluding hydrogens is 793 g/mol. The van der Waals surface area contributed by atoms with Crippen LogP contribution in [-0.4, -0.2) is 37.2 Å². The fraction of sp³-hybridized carbons (Fsp3) is 0.879. The van der Waals surface area contributed by atoms with E-state index in [2.05, 4.69) is 45.1 Å². The van der Waals surface area contributed by atoms with Gasteiger partial charge in [0, 0.05) is 19.3 Å². The summed E-state index contributed by atoms with van der Waals surface area (Å²) in [5, 5.41) is 0. The minimum atomic E-state index is -0.774. The minimum Gasteiger partial charge on any atom is -0.462 e. The van der Waals surface area contributed by atoms with Crippen molar-refractivity contribution in [3.63, 3.8) is 0 Å². The highest BCUT2D eigenvalue weighted by Gasteiger charge is 2.19. The second-order valence-corrected chi connectivity index (χ2v) is 19.2. The second kappa shape index (κ2) is 53.5. The molecule has 0 bridgehead atoms. The Morgan fingerprint density at radius 2 is 0.516 bits per heavy atom. The van der Waals surface area contributed by atoms with Crippen LogP contribution in [0, 0.1) is 0 Å². The fourth-order valence-electron chi connectivity index (χ4n) is 8.37. The Morgan fingerprint density at radius 3 is 0.781 bits per heavy atom. The summed E-state index contributed by atoms with van der Waals surface area (Å²) in [6.45, 7) is 6.65. The first-order chi connectivity index (χ1) is 31.5. The largest absolute Gasteiger partial charge is 0.462 e. The quantitative estimate of drug-likeness (QED) is 0.0262. The van der Waals surface area contributed by atoms with Crippen molar-refractivity contribution in [2.45, 2.75) is 316 Å². The maximum Gasteiger partial charge on any atom is 0.306 e. The molecule has 0 aromatic carbocycles.